The predicted octanol–water partition coefficient (Wildman–Crippen LogP) is 2.91. The molecule has 2 aromatic carbocycles. The molecular formula is C25H24F2N4O4. The highest BCUT2D eigenvalue weighted by Gasteiger charge is 2.33. The van der Waals surface area contributed by atoms with Gasteiger partial charge in [0, 0.05) is 44.3 Å². The number of nitrogens with one attached hydrogen (secondary N) is 1. The second kappa shape index (κ2) is 8.77. The first kappa shape index (κ1) is 23.0. The molecule has 35 heavy (non-hydrogen) atoms. The molecule has 2 N–H and O–H groups in total. The van der Waals surface area contributed by atoms with Crippen molar-refractivity contribution in [3.05, 3.63) is 75.6 Å². The number of halogens is 2. The molecule has 10 heteroatoms. The van der Waals surface area contributed by atoms with Crippen molar-refractivity contribution in [1.29, 1.82) is 0 Å². The standard InChI is InChI=1S/C25H24F2N4O4/c1-29(28-24(33)15-11-30(12-15)10-14-2-4-16(26)5-3-14)22-9-21-18(8-20(22)27)23(32)19(25(34)35)13-31(21)17-6-7-17/h2-5,8-9,13,15,17H,6-7,10-12H2,1H3,(H,28,33)(H,34,35). The number of amides is 1. The summed E-state index contributed by atoms with van der Waals surface area (Å²) >= 11 is 0. The maximum Gasteiger partial charge on any atom is 0.341 e. The van der Waals surface area contributed by atoms with Gasteiger partial charge in [-0.15, -0.1) is 0 Å². The molecule has 5 rings (SSSR count). The lowest BCUT2D eigenvalue weighted by Gasteiger charge is -2.39. The van der Waals surface area contributed by atoms with Crippen molar-refractivity contribution in [3.63, 3.8) is 0 Å². The van der Waals surface area contributed by atoms with Crippen molar-refractivity contribution < 1.29 is 23.5 Å². The number of benzene rings is 2. The van der Waals surface area contributed by atoms with E-state index in [4.69, 9.17) is 0 Å². The molecule has 3 aromatic rings. The number of pyridine rings is 1. The Balaban J connectivity index is 1.31. The topological polar surface area (TPSA) is 94.9 Å². The van der Waals surface area contributed by atoms with Gasteiger partial charge in [-0.2, -0.15) is 0 Å². The van der Waals surface area contributed by atoms with Crippen molar-refractivity contribution in [3.8, 4) is 0 Å². The smallest absolute Gasteiger partial charge is 0.341 e. The average molecular weight is 482 g/mol. The minimum atomic E-state index is -1.35. The van der Waals surface area contributed by atoms with E-state index in [9.17, 15) is 28.3 Å². The van der Waals surface area contributed by atoms with Crippen molar-refractivity contribution in [2.24, 2.45) is 5.92 Å². The fourth-order valence-electron chi connectivity index (χ4n) is 4.45. The molecule has 1 saturated heterocycles. The maximum atomic E-state index is 15.0. The molecule has 8 nitrogen and oxygen atoms in total. The first-order valence-electron chi connectivity index (χ1n) is 11.3. The third-order valence-electron chi connectivity index (χ3n) is 6.56. The van der Waals surface area contributed by atoms with Crippen molar-refractivity contribution in [2.45, 2.75) is 25.4 Å². The van der Waals surface area contributed by atoms with Crippen LogP contribution in [0.3, 0.4) is 0 Å². The fraction of sp³-hybridized carbons (Fsp3) is 0.320. The molecule has 1 aliphatic heterocycles. The molecule has 0 spiro atoms. The fourth-order valence-corrected chi connectivity index (χ4v) is 4.45. The second-order valence-electron chi connectivity index (χ2n) is 9.19. The lowest BCUT2D eigenvalue weighted by molar-refractivity contribution is -0.130. The van der Waals surface area contributed by atoms with Gasteiger partial charge in [0.05, 0.1) is 17.1 Å². The number of likely N-dealkylation sites (tertiary alicyclic amines) is 1. The van der Waals surface area contributed by atoms with E-state index in [0.717, 1.165) is 24.5 Å². The number of carboxylic acids is 1. The molecule has 2 aliphatic rings. The van der Waals surface area contributed by atoms with Crippen LogP contribution in [0.25, 0.3) is 10.9 Å². The third kappa shape index (κ3) is 4.49. The highest BCUT2D eigenvalue weighted by Crippen LogP contribution is 2.38. The Morgan fingerprint density at radius 3 is 2.46 bits per heavy atom. The molecule has 0 atom stereocenters. The quantitative estimate of drug-likeness (QED) is 0.503. The van der Waals surface area contributed by atoms with Gasteiger partial charge in [0.25, 0.3) is 0 Å². The summed E-state index contributed by atoms with van der Waals surface area (Å²) in [6.07, 6.45) is 2.99. The summed E-state index contributed by atoms with van der Waals surface area (Å²) in [4.78, 5) is 38.9. The molecule has 182 valence electrons. The molecule has 1 aliphatic carbocycles. The zero-order valence-electron chi connectivity index (χ0n) is 19.0. The summed E-state index contributed by atoms with van der Waals surface area (Å²) in [6.45, 7) is 1.66. The van der Waals surface area contributed by atoms with Crippen LogP contribution in [0, 0.1) is 17.6 Å². The molecule has 1 aromatic heterocycles. The number of carbonyl (C=O) groups is 2. The van der Waals surface area contributed by atoms with Gasteiger partial charge in [-0.05, 0) is 42.7 Å². The van der Waals surface area contributed by atoms with Gasteiger partial charge in [-0.1, -0.05) is 12.1 Å². The Kier molecular flexibility index (Phi) is 5.76. The molecule has 0 unspecified atom stereocenters. The molecule has 1 saturated carbocycles. The minimum Gasteiger partial charge on any atom is -0.477 e. The SMILES string of the molecule is CN(NC(=O)C1CN(Cc2ccc(F)cc2)C1)c1cc2c(cc1F)c(=O)c(C(=O)O)cn2C1CC1. The lowest BCUT2D eigenvalue weighted by Crippen LogP contribution is -2.55. The van der Waals surface area contributed by atoms with E-state index < -0.39 is 22.8 Å². The van der Waals surface area contributed by atoms with Crippen molar-refractivity contribution >= 4 is 28.5 Å². The van der Waals surface area contributed by atoms with Gasteiger partial charge in [0.2, 0.25) is 11.3 Å². The van der Waals surface area contributed by atoms with Crippen LogP contribution in [-0.2, 0) is 11.3 Å². The van der Waals surface area contributed by atoms with Gasteiger partial charge < -0.3 is 9.67 Å². The van der Waals surface area contributed by atoms with Gasteiger partial charge >= 0.3 is 5.97 Å². The Hall–Kier alpha value is -3.79. The summed E-state index contributed by atoms with van der Waals surface area (Å²) in [5.74, 6) is -2.93. The van der Waals surface area contributed by atoms with E-state index in [1.165, 1.54) is 36.5 Å². The van der Waals surface area contributed by atoms with E-state index in [1.807, 2.05) is 0 Å². The number of nitrogens with zero attached hydrogens (tertiary/aromatic N) is 3. The number of fused-ring (bicyclic) bond motifs is 1. The Morgan fingerprint density at radius 1 is 1.14 bits per heavy atom. The Labute approximate surface area is 199 Å². The van der Waals surface area contributed by atoms with Gasteiger partial charge in [0.1, 0.15) is 17.2 Å². The first-order valence-corrected chi connectivity index (χ1v) is 11.3. The lowest BCUT2D eigenvalue weighted by atomic mass is 9.98. The van der Waals surface area contributed by atoms with E-state index in [2.05, 4.69) is 10.3 Å². The molecule has 1 amide bonds. The van der Waals surface area contributed by atoms with Crippen LogP contribution in [0.15, 0.2) is 47.4 Å². The number of anilines is 1. The summed E-state index contributed by atoms with van der Waals surface area (Å²) < 4.78 is 29.8. The summed E-state index contributed by atoms with van der Waals surface area (Å²) in [5.41, 5.74) is 3.02. The van der Waals surface area contributed by atoms with Crippen LogP contribution < -0.4 is 15.9 Å². The van der Waals surface area contributed by atoms with Gasteiger partial charge in [0.15, 0.2) is 0 Å². The molecule has 2 heterocycles. The summed E-state index contributed by atoms with van der Waals surface area (Å²) in [5, 5.41) is 10.7. The van der Waals surface area contributed by atoms with Crippen molar-refractivity contribution in [1.82, 2.24) is 14.9 Å². The van der Waals surface area contributed by atoms with Crippen LogP contribution in [0.2, 0.25) is 0 Å². The van der Waals surface area contributed by atoms with Crippen molar-refractivity contribution in [2.75, 3.05) is 25.1 Å². The monoisotopic (exact) mass is 482 g/mol. The molecular weight excluding hydrogens is 458 g/mol. The number of hydrogen-bond donors (Lipinski definition) is 2. The molecule has 0 bridgehead atoms. The number of aromatic carboxylic acids is 1. The zero-order valence-corrected chi connectivity index (χ0v) is 19.0. The van der Waals surface area contributed by atoms with Crippen LogP contribution in [0.5, 0.6) is 0 Å². The van der Waals surface area contributed by atoms with Crippen LogP contribution in [-0.4, -0.2) is 46.6 Å². The second-order valence-corrected chi connectivity index (χ2v) is 9.19. The number of carboxylic acid groups (broad SMARTS) is 1. The third-order valence-corrected chi connectivity index (χ3v) is 6.56. The molecule has 2 fully saturated rings. The normalized spacial score (nSPS) is 16.2. The Bertz CT molecular complexity index is 1380. The number of hydrogen-bond acceptors (Lipinski definition) is 5. The van der Waals surface area contributed by atoms with Crippen LogP contribution in [0.1, 0.15) is 34.8 Å². The van der Waals surface area contributed by atoms with Crippen LogP contribution >= 0.6 is 0 Å². The minimum absolute atomic E-state index is 0.00629. The van der Waals surface area contributed by atoms with Gasteiger partial charge in [-0.25, -0.2) is 13.6 Å². The molecule has 0 radical (unpaired) electrons. The van der Waals surface area contributed by atoms with E-state index in [-0.39, 0.29) is 34.8 Å². The van der Waals surface area contributed by atoms with E-state index in [1.54, 1.807) is 16.7 Å². The summed E-state index contributed by atoms with van der Waals surface area (Å²) in [7, 11) is 1.52. The maximum absolute atomic E-state index is 15.0. The highest BCUT2D eigenvalue weighted by molar-refractivity contribution is 5.94. The van der Waals surface area contributed by atoms with Crippen LogP contribution in [0.4, 0.5) is 14.5 Å². The largest absolute Gasteiger partial charge is 0.477 e. The van der Waals surface area contributed by atoms with E-state index in [0.29, 0.717) is 25.2 Å². The number of rotatable bonds is 7. The Morgan fingerprint density at radius 2 is 1.83 bits per heavy atom. The van der Waals surface area contributed by atoms with Gasteiger partial charge in [-0.3, -0.25) is 24.9 Å². The first-order chi connectivity index (χ1) is 16.7. The number of hydrazine groups is 1. The predicted molar refractivity (Wildman–Crippen MR) is 125 cm³/mol. The summed E-state index contributed by atoms with van der Waals surface area (Å²) in [6, 6.07) is 8.78. The number of aromatic nitrogens is 1. The van der Waals surface area contributed by atoms with E-state index >= 15 is 0 Å². The average Bonchev–Trinajstić information content (AvgIpc) is 3.62. The zero-order chi connectivity index (χ0) is 24.9. The highest BCUT2D eigenvalue weighted by atomic mass is 19.1. The number of carbonyl (C=O) groups excluding carboxylic acids is 1.